The van der Waals surface area contributed by atoms with Crippen molar-refractivity contribution in [1.29, 1.82) is 0 Å². The summed E-state index contributed by atoms with van der Waals surface area (Å²) >= 11 is 0. The molecule has 0 saturated heterocycles. The van der Waals surface area contributed by atoms with Gasteiger partial charge in [0.15, 0.2) is 5.69 Å². The highest BCUT2D eigenvalue weighted by Gasteiger charge is 2.21. The van der Waals surface area contributed by atoms with Crippen LogP contribution in [0.25, 0.3) is 0 Å². The van der Waals surface area contributed by atoms with E-state index >= 15 is 0 Å². The van der Waals surface area contributed by atoms with Crippen molar-refractivity contribution in [3.63, 3.8) is 0 Å². The van der Waals surface area contributed by atoms with E-state index in [0.717, 1.165) is 16.8 Å². The van der Waals surface area contributed by atoms with Crippen molar-refractivity contribution in [2.45, 2.75) is 0 Å². The van der Waals surface area contributed by atoms with Gasteiger partial charge in [0.2, 0.25) is 0 Å². The van der Waals surface area contributed by atoms with Gasteiger partial charge in [-0.15, -0.1) is 4.68 Å². The molecule has 1 aliphatic rings. The lowest BCUT2D eigenvalue weighted by molar-refractivity contribution is -0.424. The summed E-state index contributed by atoms with van der Waals surface area (Å²) in [6, 6.07) is 1.06. The van der Waals surface area contributed by atoms with Crippen molar-refractivity contribution < 1.29 is 29.3 Å². The maximum atomic E-state index is 10.9. The molecule has 0 spiro atoms. The van der Waals surface area contributed by atoms with Crippen LogP contribution in [0, 0.1) is 20.2 Å². The number of nitrogens with zero attached hydrogens (tertiary/aromatic N) is 5. The van der Waals surface area contributed by atoms with Gasteiger partial charge in [-0.2, -0.15) is 0 Å². The summed E-state index contributed by atoms with van der Waals surface area (Å²) in [5, 5.41) is 32.3. The number of aliphatic carboxylic acids is 1. The van der Waals surface area contributed by atoms with Crippen LogP contribution in [0.3, 0.4) is 0 Å². The Morgan fingerprint density at radius 1 is 1.33 bits per heavy atom. The van der Waals surface area contributed by atoms with E-state index in [0.29, 0.717) is 0 Å². The highest BCUT2D eigenvalue weighted by molar-refractivity contribution is 6.41. The molecule has 0 atom stereocenters. The molecule has 2 rings (SSSR count). The lowest BCUT2D eigenvalue weighted by Crippen LogP contribution is -2.07. The van der Waals surface area contributed by atoms with Crippen LogP contribution in [-0.4, -0.2) is 56.0 Å². The minimum Gasteiger partial charge on any atom is -0.477 e. The summed E-state index contributed by atoms with van der Waals surface area (Å²) in [7, 11) is 2.56. The van der Waals surface area contributed by atoms with Gasteiger partial charge in [0, 0.05) is 6.08 Å². The first kappa shape index (κ1) is 18.4. The summed E-state index contributed by atoms with van der Waals surface area (Å²) in [6.07, 6.45) is 0.961. The molecule has 0 radical (unpaired) electrons. The summed E-state index contributed by atoms with van der Waals surface area (Å²) in [6.45, 7) is -0.144. The van der Waals surface area contributed by atoms with Gasteiger partial charge in [0.1, 0.15) is 19.3 Å². The van der Waals surface area contributed by atoms with E-state index in [1.165, 1.54) is 14.2 Å². The Labute approximate surface area is 133 Å². The van der Waals surface area contributed by atoms with Crippen LogP contribution in [0.5, 0.6) is 0 Å². The van der Waals surface area contributed by atoms with Gasteiger partial charge < -0.3 is 20.0 Å². The zero-order valence-corrected chi connectivity index (χ0v) is 12.4. The van der Waals surface area contributed by atoms with E-state index in [-0.39, 0.29) is 29.5 Å². The topological polar surface area (TPSA) is 180 Å². The predicted molar refractivity (Wildman–Crippen MR) is 76.2 cm³/mol. The number of ether oxygens (including phenoxy) is 1. The molecule has 0 unspecified atom stereocenters. The first-order valence-electron chi connectivity index (χ1n) is 6.06. The molecule has 13 nitrogen and oxygen atoms in total. The molecule has 0 amide bonds. The van der Waals surface area contributed by atoms with Crippen molar-refractivity contribution in [3.05, 3.63) is 43.8 Å². The number of hydrogen-bond donors (Lipinski definition) is 1. The Kier molecular flexibility index (Phi) is 5.81. The lowest BCUT2D eigenvalue weighted by atomic mass is 10.3. The van der Waals surface area contributed by atoms with Crippen molar-refractivity contribution >= 4 is 23.5 Å². The number of methoxy groups -OCH3 is 1. The second-order valence-corrected chi connectivity index (χ2v) is 4.16. The number of carbonyl (C=O) groups excluding carboxylic acids is 1. The number of hydrogen-bond acceptors (Lipinski definition) is 9. The van der Waals surface area contributed by atoms with Gasteiger partial charge in [-0.1, -0.05) is 5.10 Å². The molecule has 24 heavy (non-hydrogen) atoms. The Hall–Kier alpha value is -3.64. The van der Waals surface area contributed by atoms with Gasteiger partial charge in [0.05, 0.1) is 18.1 Å². The molecule has 0 saturated carbocycles. The average molecular weight is 341 g/mol. The second kappa shape index (κ2) is 7.57. The Bertz CT molecular complexity index is 762. The standard InChI is InChI=1S/C6H7N3O4.C5H4N2O4/c1-8-5(9(11)12)3-4(7-8)6(10)13-2;8-5(9)4-1-3(2-6-4)7(10)11/h3H,1-2H3;1H,2H2,(H,8,9). The van der Waals surface area contributed by atoms with Crippen molar-refractivity contribution in [1.82, 2.24) is 9.78 Å². The molecular formula is C11H11N5O8. The molecule has 1 aliphatic heterocycles. The molecule has 13 heteroatoms. The van der Waals surface area contributed by atoms with Crippen LogP contribution in [0.2, 0.25) is 0 Å². The molecule has 0 aliphatic carbocycles. The number of aryl methyl sites for hydroxylation is 1. The molecule has 2 heterocycles. The Morgan fingerprint density at radius 2 is 1.96 bits per heavy atom. The van der Waals surface area contributed by atoms with Crippen molar-refractivity contribution in [3.8, 4) is 0 Å². The number of aromatic nitrogens is 2. The quantitative estimate of drug-likeness (QED) is 0.440. The monoisotopic (exact) mass is 341 g/mol. The molecule has 0 aromatic carbocycles. The lowest BCUT2D eigenvalue weighted by Gasteiger charge is -1.89. The molecule has 1 N–H and O–H groups in total. The molecule has 1 aromatic heterocycles. The Balaban J connectivity index is 0.000000243. The smallest absolute Gasteiger partial charge is 0.360 e. The van der Waals surface area contributed by atoms with E-state index in [1.807, 2.05) is 0 Å². The minimum absolute atomic E-state index is 0.0725. The summed E-state index contributed by atoms with van der Waals surface area (Å²) in [4.78, 5) is 43.6. The first-order valence-corrected chi connectivity index (χ1v) is 6.06. The van der Waals surface area contributed by atoms with E-state index < -0.39 is 21.8 Å². The van der Waals surface area contributed by atoms with Crippen LogP contribution >= 0.6 is 0 Å². The number of nitro groups is 2. The third-order valence-electron chi connectivity index (χ3n) is 2.61. The SMILES string of the molecule is COC(=O)c1cc([N+](=O)[O-])n(C)n1.O=C(O)C1=NCC([N+](=O)[O-])=C1. The minimum atomic E-state index is -1.23. The molecular weight excluding hydrogens is 330 g/mol. The van der Waals surface area contributed by atoms with Crippen LogP contribution in [0.1, 0.15) is 10.5 Å². The molecule has 0 bridgehead atoms. The Morgan fingerprint density at radius 3 is 2.29 bits per heavy atom. The average Bonchev–Trinajstić information content (AvgIpc) is 3.13. The predicted octanol–water partition coefficient (Wildman–Crippen LogP) is -0.199. The van der Waals surface area contributed by atoms with Gasteiger partial charge in [-0.05, 0) is 4.92 Å². The highest BCUT2D eigenvalue weighted by Crippen LogP contribution is 2.11. The second-order valence-electron chi connectivity index (χ2n) is 4.16. The third kappa shape index (κ3) is 4.43. The van der Waals surface area contributed by atoms with Crippen molar-refractivity contribution in [2.24, 2.45) is 12.0 Å². The number of carboxylic acids is 1. The third-order valence-corrected chi connectivity index (χ3v) is 2.61. The van der Waals surface area contributed by atoms with Gasteiger partial charge in [-0.3, -0.25) is 15.1 Å². The summed E-state index contributed by atoms with van der Waals surface area (Å²) in [5.41, 5.74) is -0.504. The number of esters is 1. The normalized spacial score (nSPS) is 12.4. The largest absolute Gasteiger partial charge is 0.477 e. The molecule has 128 valence electrons. The molecule has 0 fully saturated rings. The fourth-order valence-corrected chi connectivity index (χ4v) is 1.49. The van der Waals surface area contributed by atoms with Gasteiger partial charge in [-0.25, -0.2) is 9.59 Å². The number of aliphatic imine (C=N–C) groups is 1. The van der Waals surface area contributed by atoms with E-state index in [9.17, 15) is 29.8 Å². The van der Waals surface area contributed by atoms with Gasteiger partial charge in [0.25, 0.3) is 5.70 Å². The van der Waals surface area contributed by atoms with Crippen LogP contribution in [0.4, 0.5) is 5.82 Å². The highest BCUT2D eigenvalue weighted by atomic mass is 16.6. The maximum Gasteiger partial charge on any atom is 0.360 e. The van der Waals surface area contributed by atoms with E-state index in [4.69, 9.17) is 5.11 Å². The first-order chi connectivity index (χ1) is 11.2. The zero-order chi connectivity index (χ0) is 18.4. The fourth-order valence-electron chi connectivity index (χ4n) is 1.49. The van der Waals surface area contributed by atoms with Crippen LogP contribution < -0.4 is 0 Å². The molecule has 1 aromatic rings. The number of rotatable bonds is 4. The number of carbonyl (C=O) groups is 2. The van der Waals surface area contributed by atoms with Crippen LogP contribution in [0.15, 0.2) is 22.8 Å². The van der Waals surface area contributed by atoms with E-state index in [2.05, 4.69) is 14.8 Å². The maximum absolute atomic E-state index is 10.9. The fraction of sp³-hybridized carbons (Fsp3) is 0.273. The zero-order valence-electron chi connectivity index (χ0n) is 12.4. The van der Waals surface area contributed by atoms with Crippen LogP contribution in [-0.2, 0) is 16.6 Å². The van der Waals surface area contributed by atoms with E-state index in [1.54, 1.807) is 0 Å². The van der Waals surface area contributed by atoms with Gasteiger partial charge >= 0.3 is 17.8 Å². The summed E-state index contributed by atoms with van der Waals surface area (Å²) < 4.78 is 5.35. The summed E-state index contributed by atoms with van der Waals surface area (Å²) in [5.74, 6) is -2.18. The van der Waals surface area contributed by atoms with Crippen molar-refractivity contribution in [2.75, 3.05) is 13.7 Å². The number of carboxylic acid groups (broad SMARTS) is 1.